The van der Waals surface area contributed by atoms with Crippen LogP contribution in [0.4, 0.5) is 0 Å². The van der Waals surface area contributed by atoms with Gasteiger partial charge in [0.05, 0.1) is 5.56 Å². The molecule has 0 aliphatic rings. The fourth-order valence-electron chi connectivity index (χ4n) is 1.71. The van der Waals surface area contributed by atoms with E-state index in [1.165, 1.54) is 0 Å². The second-order valence-electron chi connectivity index (χ2n) is 4.20. The van der Waals surface area contributed by atoms with Gasteiger partial charge in [0, 0.05) is 11.9 Å². The molecule has 3 nitrogen and oxygen atoms in total. The minimum absolute atomic E-state index is 0.285. The molecule has 0 fully saturated rings. The topological polar surface area (TPSA) is 39.2 Å². The lowest BCUT2D eigenvalue weighted by Gasteiger charge is -2.07. The highest BCUT2D eigenvalue weighted by Crippen LogP contribution is 2.11. The number of pyridine rings is 1. The highest BCUT2D eigenvalue weighted by atomic mass is 16.5. The number of benzene rings is 1. The number of nitrogens with zero attached hydrogens (tertiary/aromatic N) is 1. The zero-order valence-electron chi connectivity index (χ0n) is 10.5. The molecule has 1 heterocycles. The van der Waals surface area contributed by atoms with Gasteiger partial charge in [-0.05, 0) is 31.0 Å². The lowest BCUT2D eigenvalue weighted by Crippen LogP contribution is -2.08. The Balaban J connectivity index is 2.04. The molecule has 0 aliphatic carbocycles. The van der Waals surface area contributed by atoms with E-state index in [4.69, 9.17) is 4.74 Å². The largest absolute Gasteiger partial charge is 0.457 e. The Morgan fingerprint density at radius 3 is 2.61 bits per heavy atom. The van der Waals surface area contributed by atoms with Crippen LogP contribution in [-0.2, 0) is 11.3 Å². The quantitative estimate of drug-likeness (QED) is 0.775. The van der Waals surface area contributed by atoms with Crippen molar-refractivity contribution in [3.05, 3.63) is 65.0 Å². The van der Waals surface area contributed by atoms with Crippen LogP contribution in [0.15, 0.2) is 42.6 Å². The lowest BCUT2D eigenvalue weighted by atomic mass is 10.1. The van der Waals surface area contributed by atoms with Crippen LogP contribution >= 0.6 is 0 Å². The van der Waals surface area contributed by atoms with Gasteiger partial charge in [-0.3, -0.25) is 4.98 Å². The third-order valence-corrected chi connectivity index (χ3v) is 2.68. The van der Waals surface area contributed by atoms with Gasteiger partial charge < -0.3 is 4.74 Å². The van der Waals surface area contributed by atoms with E-state index in [-0.39, 0.29) is 12.6 Å². The Morgan fingerprint density at radius 2 is 1.94 bits per heavy atom. The lowest BCUT2D eigenvalue weighted by molar-refractivity contribution is 0.0471. The van der Waals surface area contributed by atoms with Crippen molar-refractivity contribution in [3.8, 4) is 0 Å². The van der Waals surface area contributed by atoms with Crippen LogP contribution in [0.3, 0.4) is 0 Å². The fourth-order valence-corrected chi connectivity index (χ4v) is 1.71. The first-order valence-corrected chi connectivity index (χ1v) is 5.81. The van der Waals surface area contributed by atoms with Crippen LogP contribution in [0.5, 0.6) is 0 Å². The standard InChI is InChI=1S/C15H15NO2/c1-11-8-12(2)16-9-14(11)15(17)18-10-13-6-4-3-5-7-13/h3-9H,10H2,1-2H3. The number of carbonyl (C=O) groups is 1. The Kier molecular flexibility index (Phi) is 3.72. The molecule has 0 bridgehead atoms. The van der Waals surface area contributed by atoms with Gasteiger partial charge in [-0.25, -0.2) is 4.79 Å². The number of esters is 1. The van der Waals surface area contributed by atoms with Gasteiger partial charge in [-0.1, -0.05) is 30.3 Å². The minimum Gasteiger partial charge on any atom is -0.457 e. The number of aromatic nitrogens is 1. The number of hydrogen-bond donors (Lipinski definition) is 0. The van der Waals surface area contributed by atoms with E-state index in [0.717, 1.165) is 16.8 Å². The molecule has 2 aromatic rings. The number of carbonyl (C=O) groups excluding carboxylic acids is 1. The molecule has 0 saturated carbocycles. The van der Waals surface area contributed by atoms with Crippen molar-refractivity contribution in [2.24, 2.45) is 0 Å². The van der Waals surface area contributed by atoms with Crippen LogP contribution in [0.1, 0.15) is 27.2 Å². The van der Waals surface area contributed by atoms with Gasteiger partial charge in [0.1, 0.15) is 6.61 Å². The maximum atomic E-state index is 11.9. The summed E-state index contributed by atoms with van der Waals surface area (Å²) in [4.78, 5) is 16.0. The smallest absolute Gasteiger partial charge is 0.340 e. The Morgan fingerprint density at radius 1 is 1.22 bits per heavy atom. The molecule has 0 spiro atoms. The molecule has 0 radical (unpaired) electrons. The molecule has 0 aliphatic heterocycles. The predicted molar refractivity (Wildman–Crippen MR) is 69.3 cm³/mol. The van der Waals surface area contributed by atoms with Crippen LogP contribution in [0.25, 0.3) is 0 Å². The van der Waals surface area contributed by atoms with Crippen molar-refractivity contribution in [1.82, 2.24) is 4.98 Å². The van der Waals surface area contributed by atoms with E-state index in [1.54, 1.807) is 6.20 Å². The van der Waals surface area contributed by atoms with Crippen molar-refractivity contribution in [2.75, 3.05) is 0 Å². The third-order valence-electron chi connectivity index (χ3n) is 2.68. The van der Waals surface area contributed by atoms with Crippen molar-refractivity contribution < 1.29 is 9.53 Å². The molecule has 92 valence electrons. The van der Waals surface area contributed by atoms with E-state index < -0.39 is 0 Å². The molecule has 1 aromatic heterocycles. The summed E-state index contributed by atoms with van der Waals surface area (Å²) in [5, 5.41) is 0. The van der Waals surface area contributed by atoms with Gasteiger partial charge in [0.25, 0.3) is 0 Å². The molecule has 0 saturated heterocycles. The molecule has 0 N–H and O–H groups in total. The van der Waals surface area contributed by atoms with Gasteiger partial charge in [-0.15, -0.1) is 0 Å². The number of hydrogen-bond acceptors (Lipinski definition) is 3. The summed E-state index contributed by atoms with van der Waals surface area (Å²) < 4.78 is 5.26. The predicted octanol–water partition coefficient (Wildman–Crippen LogP) is 3.06. The Hall–Kier alpha value is -2.16. The molecule has 18 heavy (non-hydrogen) atoms. The summed E-state index contributed by atoms with van der Waals surface area (Å²) >= 11 is 0. The van der Waals surface area contributed by atoms with Crippen LogP contribution in [0.2, 0.25) is 0 Å². The number of ether oxygens (including phenoxy) is 1. The van der Waals surface area contributed by atoms with Gasteiger partial charge in [0.2, 0.25) is 0 Å². The van der Waals surface area contributed by atoms with Crippen LogP contribution < -0.4 is 0 Å². The second kappa shape index (κ2) is 5.45. The summed E-state index contributed by atoms with van der Waals surface area (Å²) in [7, 11) is 0. The highest BCUT2D eigenvalue weighted by Gasteiger charge is 2.11. The summed E-state index contributed by atoms with van der Waals surface area (Å²) in [6, 6.07) is 11.5. The van der Waals surface area contributed by atoms with E-state index in [1.807, 2.05) is 50.2 Å². The molecule has 1 aromatic carbocycles. The first-order valence-electron chi connectivity index (χ1n) is 5.81. The van der Waals surface area contributed by atoms with E-state index in [2.05, 4.69) is 4.98 Å². The van der Waals surface area contributed by atoms with Crippen molar-refractivity contribution >= 4 is 5.97 Å². The van der Waals surface area contributed by atoms with Crippen LogP contribution in [-0.4, -0.2) is 11.0 Å². The Labute approximate surface area is 106 Å². The van der Waals surface area contributed by atoms with Gasteiger partial charge >= 0.3 is 5.97 Å². The molecule has 2 rings (SSSR count). The summed E-state index contributed by atoms with van der Waals surface area (Å²) in [5.41, 5.74) is 3.28. The first kappa shape index (κ1) is 12.3. The monoisotopic (exact) mass is 241 g/mol. The Bertz CT molecular complexity index is 550. The van der Waals surface area contributed by atoms with Crippen molar-refractivity contribution in [2.45, 2.75) is 20.5 Å². The highest BCUT2D eigenvalue weighted by molar-refractivity contribution is 5.90. The fraction of sp³-hybridized carbons (Fsp3) is 0.200. The number of aryl methyl sites for hydroxylation is 2. The van der Waals surface area contributed by atoms with E-state index in [0.29, 0.717) is 5.56 Å². The molecular weight excluding hydrogens is 226 g/mol. The van der Waals surface area contributed by atoms with Crippen LogP contribution in [0, 0.1) is 13.8 Å². The summed E-state index contributed by atoms with van der Waals surface area (Å²) in [5.74, 6) is -0.330. The normalized spacial score (nSPS) is 10.1. The van der Waals surface area contributed by atoms with Crippen molar-refractivity contribution in [3.63, 3.8) is 0 Å². The molecule has 0 unspecified atom stereocenters. The minimum atomic E-state index is -0.330. The molecule has 0 atom stereocenters. The summed E-state index contributed by atoms with van der Waals surface area (Å²) in [6.45, 7) is 4.06. The SMILES string of the molecule is Cc1cc(C)c(C(=O)OCc2ccccc2)cn1. The zero-order chi connectivity index (χ0) is 13.0. The van der Waals surface area contributed by atoms with Gasteiger partial charge in [-0.2, -0.15) is 0 Å². The molecular formula is C15H15NO2. The molecule has 3 heteroatoms. The first-order chi connectivity index (χ1) is 8.66. The van der Waals surface area contributed by atoms with Crippen molar-refractivity contribution in [1.29, 1.82) is 0 Å². The maximum absolute atomic E-state index is 11.9. The van der Waals surface area contributed by atoms with E-state index >= 15 is 0 Å². The maximum Gasteiger partial charge on any atom is 0.340 e. The zero-order valence-corrected chi connectivity index (χ0v) is 10.5. The average molecular weight is 241 g/mol. The molecule has 0 amide bonds. The second-order valence-corrected chi connectivity index (χ2v) is 4.20. The van der Waals surface area contributed by atoms with E-state index in [9.17, 15) is 4.79 Å². The average Bonchev–Trinajstić information content (AvgIpc) is 2.37. The summed E-state index contributed by atoms with van der Waals surface area (Å²) in [6.07, 6.45) is 1.57. The third kappa shape index (κ3) is 2.94. The number of rotatable bonds is 3. The van der Waals surface area contributed by atoms with Gasteiger partial charge in [0.15, 0.2) is 0 Å².